The van der Waals surface area contributed by atoms with Crippen LogP contribution in [0.1, 0.15) is 24.0 Å². The van der Waals surface area contributed by atoms with Crippen molar-refractivity contribution in [2.24, 2.45) is 0 Å². The molecule has 0 aliphatic carbocycles. The molecule has 0 spiro atoms. The first-order chi connectivity index (χ1) is 8.93. The van der Waals surface area contributed by atoms with E-state index >= 15 is 0 Å². The van der Waals surface area contributed by atoms with E-state index in [9.17, 15) is 13.2 Å². The van der Waals surface area contributed by atoms with Gasteiger partial charge in [-0.3, -0.25) is 4.79 Å². The average molecular weight is 282 g/mol. The van der Waals surface area contributed by atoms with E-state index in [0.717, 1.165) is 0 Å². The zero-order valence-corrected chi connectivity index (χ0v) is 11.0. The van der Waals surface area contributed by atoms with E-state index in [4.69, 9.17) is 10.4 Å². The van der Waals surface area contributed by atoms with Crippen LogP contribution in [0.15, 0.2) is 24.3 Å². The Morgan fingerprint density at radius 1 is 1.42 bits per heavy atom. The van der Waals surface area contributed by atoms with Crippen LogP contribution in [0.2, 0.25) is 0 Å². The molecule has 0 saturated heterocycles. The SMILES string of the molecule is N#Cc1cccc(CNS(=O)(=O)CCCC(=O)O)c1. The van der Waals surface area contributed by atoms with Crippen molar-refractivity contribution >= 4 is 16.0 Å². The van der Waals surface area contributed by atoms with E-state index in [0.29, 0.717) is 11.1 Å². The minimum absolute atomic E-state index is 0.0723. The van der Waals surface area contributed by atoms with E-state index in [1.807, 2.05) is 6.07 Å². The quantitative estimate of drug-likeness (QED) is 0.770. The second kappa shape index (κ2) is 6.87. The average Bonchev–Trinajstić information content (AvgIpc) is 2.36. The zero-order chi connectivity index (χ0) is 14.3. The van der Waals surface area contributed by atoms with Gasteiger partial charge in [0.15, 0.2) is 0 Å². The van der Waals surface area contributed by atoms with E-state index < -0.39 is 16.0 Å². The summed E-state index contributed by atoms with van der Waals surface area (Å²) in [7, 11) is -3.49. The van der Waals surface area contributed by atoms with Gasteiger partial charge in [-0.05, 0) is 24.1 Å². The molecular formula is C12H14N2O4S. The van der Waals surface area contributed by atoms with E-state index in [2.05, 4.69) is 4.72 Å². The molecule has 0 radical (unpaired) electrons. The Balaban J connectivity index is 2.50. The fourth-order valence-corrected chi connectivity index (χ4v) is 2.49. The van der Waals surface area contributed by atoms with Gasteiger partial charge in [0, 0.05) is 13.0 Å². The van der Waals surface area contributed by atoms with Crippen molar-refractivity contribution in [3.05, 3.63) is 35.4 Å². The summed E-state index contributed by atoms with van der Waals surface area (Å²) < 4.78 is 25.5. The lowest BCUT2D eigenvalue weighted by Crippen LogP contribution is -2.26. The molecular weight excluding hydrogens is 268 g/mol. The van der Waals surface area contributed by atoms with Crippen LogP contribution < -0.4 is 4.72 Å². The molecule has 0 unspecified atom stereocenters. The van der Waals surface area contributed by atoms with Gasteiger partial charge >= 0.3 is 5.97 Å². The van der Waals surface area contributed by atoms with Gasteiger partial charge in [0.1, 0.15) is 0 Å². The van der Waals surface area contributed by atoms with Gasteiger partial charge in [-0.1, -0.05) is 12.1 Å². The first-order valence-corrected chi connectivity index (χ1v) is 7.26. The predicted octanol–water partition coefficient (Wildman–Crippen LogP) is 0.842. The number of hydrogen-bond donors (Lipinski definition) is 2. The molecule has 2 N–H and O–H groups in total. The lowest BCUT2D eigenvalue weighted by molar-refractivity contribution is -0.137. The molecule has 0 aliphatic heterocycles. The largest absolute Gasteiger partial charge is 0.481 e. The standard InChI is InChI=1S/C12H14N2O4S/c13-8-10-3-1-4-11(7-10)9-14-19(17,18)6-2-5-12(15)16/h1,3-4,7,14H,2,5-6,9H2,(H,15,16). The summed E-state index contributed by atoms with van der Waals surface area (Å²) in [6.45, 7) is 0.0882. The summed E-state index contributed by atoms with van der Waals surface area (Å²) in [4.78, 5) is 10.3. The number of nitriles is 1. The Kier molecular flexibility index (Phi) is 5.48. The molecule has 0 atom stereocenters. The van der Waals surface area contributed by atoms with E-state index in [-0.39, 0.29) is 25.1 Å². The molecule has 0 bridgehead atoms. The number of carboxylic acids is 1. The minimum atomic E-state index is -3.49. The molecule has 0 amide bonds. The summed E-state index contributed by atoms with van der Waals surface area (Å²) in [6.07, 6.45) is -0.103. The van der Waals surface area contributed by atoms with Crippen molar-refractivity contribution in [3.8, 4) is 6.07 Å². The number of carbonyl (C=O) groups is 1. The maximum absolute atomic E-state index is 11.6. The third-order valence-corrected chi connectivity index (χ3v) is 3.77. The van der Waals surface area contributed by atoms with Crippen molar-refractivity contribution in [2.45, 2.75) is 19.4 Å². The highest BCUT2D eigenvalue weighted by molar-refractivity contribution is 7.89. The van der Waals surface area contributed by atoms with Gasteiger partial charge in [-0.15, -0.1) is 0 Å². The second-order valence-electron chi connectivity index (χ2n) is 3.95. The van der Waals surface area contributed by atoms with Gasteiger partial charge in [-0.2, -0.15) is 5.26 Å². The molecule has 0 fully saturated rings. The normalized spacial score (nSPS) is 10.9. The number of rotatable bonds is 7. The van der Waals surface area contributed by atoms with Crippen LogP contribution in [0.25, 0.3) is 0 Å². The lowest BCUT2D eigenvalue weighted by Gasteiger charge is -2.06. The molecule has 0 aromatic heterocycles. The Bertz CT molecular complexity index is 590. The zero-order valence-electron chi connectivity index (χ0n) is 10.2. The number of carboxylic acid groups (broad SMARTS) is 1. The van der Waals surface area contributed by atoms with Crippen LogP contribution in [0.4, 0.5) is 0 Å². The lowest BCUT2D eigenvalue weighted by atomic mass is 10.1. The fourth-order valence-electron chi connectivity index (χ4n) is 1.43. The van der Waals surface area contributed by atoms with Crippen molar-refractivity contribution < 1.29 is 18.3 Å². The van der Waals surface area contributed by atoms with Gasteiger partial charge in [0.25, 0.3) is 0 Å². The van der Waals surface area contributed by atoms with Gasteiger partial charge in [0.05, 0.1) is 17.4 Å². The molecule has 1 aromatic rings. The monoisotopic (exact) mass is 282 g/mol. The summed E-state index contributed by atoms with van der Waals surface area (Å²) in [6, 6.07) is 8.58. The van der Waals surface area contributed by atoms with Crippen molar-refractivity contribution in [1.29, 1.82) is 5.26 Å². The molecule has 6 nitrogen and oxygen atoms in total. The number of nitrogens with zero attached hydrogens (tertiary/aromatic N) is 1. The van der Waals surface area contributed by atoms with Crippen LogP contribution >= 0.6 is 0 Å². The first-order valence-electron chi connectivity index (χ1n) is 5.61. The maximum atomic E-state index is 11.6. The fraction of sp³-hybridized carbons (Fsp3) is 0.333. The summed E-state index contributed by atoms with van der Waals surface area (Å²) >= 11 is 0. The predicted molar refractivity (Wildman–Crippen MR) is 68.7 cm³/mol. The second-order valence-corrected chi connectivity index (χ2v) is 5.88. The maximum Gasteiger partial charge on any atom is 0.303 e. The van der Waals surface area contributed by atoms with Crippen LogP contribution in [-0.2, 0) is 21.4 Å². The number of aliphatic carboxylic acids is 1. The molecule has 19 heavy (non-hydrogen) atoms. The summed E-state index contributed by atoms with van der Waals surface area (Å²) in [5.74, 6) is -1.24. The molecule has 7 heteroatoms. The van der Waals surface area contributed by atoms with Crippen molar-refractivity contribution in [3.63, 3.8) is 0 Å². The first kappa shape index (κ1) is 15.1. The van der Waals surface area contributed by atoms with Crippen molar-refractivity contribution in [2.75, 3.05) is 5.75 Å². The van der Waals surface area contributed by atoms with Crippen molar-refractivity contribution in [1.82, 2.24) is 4.72 Å². The Labute approximate surface area is 111 Å². The topological polar surface area (TPSA) is 107 Å². The Morgan fingerprint density at radius 2 is 2.16 bits per heavy atom. The third kappa shape index (κ3) is 5.99. The van der Waals surface area contributed by atoms with Gasteiger partial charge < -0.3 is 5.11 Å². The molecule has 1 rings (SSSR count). The number of benzene rings is 1. The van der Waals surface area contributed by atoms with E-state index in [1.54, 1.807) is 24.3 Å². The van der Waals surface area contributed by atoms with Gasteiger partial charge in [-0.25, -0.2) is 13.1 Å². The van der Waals surface area contributed by atoms with E-state index in [1.165, 1.54) is 0 Å². The van der Waals surface area contributed by atoms with Crippen LogP contribution in [-0.4, -0.2) is 25.2 Å². The molecule has 0 saturated carbocycles. The highest BCUT2D eigenvalue weighted by atomic mass is 32.2. The third-order valence-electron chi connectivity index (χ3n) is 2.36. The molecule has 102 valence electrons. The minimum Gasteiger partial charge on any atom is -0.481 e. The number of hydrogen-bond acceptors (Lipinski definition) is 4. The Hall–Kier alpha value is -1.91. The van der Waals surface area contributed by atoms with Crippen LogP contribution in [0.3, 0.4) is 0 Å². The Morgan fingerprint density at radius 3 is 2.79 bits per heavy atom. The van der Waals surface area contributed by atoms with Crippen LogP contribution in [0.5, 0.6) is 0 Å². The highest BCUT2D eigenvalue weighted by Gasteiger charge is 2.11. The molecule has 0 heterocycles. The number of nitrogens with one attached hydrogen (secondary N) is 1. The van der Waals surface area contributed by atoms with Gasteiger partial charge in [0.2, 0.25) is 10.0 Å². The molecule has 1 aromatic carbocycles. The molecule has 0 aliphatic rings. The smallest absolute Gasteiger partial charge is 0.303 e. The highest BCUT2D eigenvalue weighted by Crippen LogP contribution is 2.05. The number of sulfonamides is 1. The van der Waals surface area contributed by atoms with Crippen LogP contribution in [0, 0.1) is 11.3 Å². The summed E-state index contributed by atoms with van der Waals surface area (Å²) in [5.41, 5.74) is 1.14. The summed E-state index contributed by atoms with van der Waals surface area (Å²) in [5, 5.41) is 17.1.